The Morgan fingerprint density at radius 2 is 2.25 bits per heavy atom. The van der Waals surface area contributed by atoms with E-state index in [-0.39, 0.29) is 11.7 Å². The Kier molecular flexibility index (Phi) is 4.61. The van der Waals surface area contributed by atoms with Crippen LogP contribution in [-0.4, -0.2) is 17.4 Å². The van der Waals surface area contributed by atoms with Crippen molar-refractivity contribution in [1.82, 2.24) is 4.98 Å². The number of nitrogens with zero attached hydrogens (tertiary/aromatic N) is 1. The molecule has 0 fully saturated rings. The SMILES string of the molecule is CCNc1nc(N)c(C(=O)Nc2cc(C)ccc2Br)s1. The number of halogens is 1. The lowest BCUT2D eigenvalue weighted by molar-refractivity contribution is 0.103. The number of rotatable bonds is 4. The first-order valence-electron chi connectivity index (χ1n) is 6.09. The molecule has 7 heteroatoms. The van der Waals surface area contributed by atoms with Crippen molar-refractivity contribution in [3.63, 3.8) is 0 Å². The fraction of sp³-hybridized carbons (Fsp3) is 0.231. The molecule has 2 rings (SSSR count). The van der Waals surface area contributed by atoms with E-state index in [4.69, 9.17) is 5.73 Å². The van der Waals surface area contributed by atoms with E-state index in [1.54, 1.807) is 0 Å². The predicted molar refractivity (Wildman–Crippen MR) is 87.5 cm³/mol. The first-order chi connectivity index (χ1) is 9.51. The largest absolute Gasteiger partial charge is 0.382 e. The van der Waals surface area contributed by atoms with Gasteiger partial charge in [0.15, 0.2) is 5.13 Å². The van der Waals surface area contributed by atoms with Crippen LogP contribution in [0.2, 0.25) is 0 Å². The Bertz CT molecular complexity index is 641. The van der Waals surface area contributed by atoms with Gasteiger partial charge >= 0.3 is 0 Å². The summed E-state index contributed by atoms with van der Waals surface area (Å²) in [5.74, 6) is -0.0114. The summed E-state index contributed by atoms with van der Waals surface area (Å²) in [7, 11) is 0. The van der Waals surface area contributed by atoms with Gasteiger partial charge in [-0.1, -0.05) is 17.4 Å². The van der Waals surface area contributed by atoms with E-state index < -0.39 is 0 Å². The summed E-state index contributed by atoms with van der Waals surface area (Å²) in [6.07, 6.45) is 0. The maximum atomic E-state index is 12.2. The lowest BCUT2D eigenvalue weighted by Gasteiger charge is -2.07. The molecule has 0 saturated heterocycles. The second-order valence-corrected chi connectivity index (χ2v) is 6.05. The highest BCUT2D eigenvalue weighted by atomic mass is 79.9. The van der Waals surface area contributed by atoms with Crippen LogP contribution < -0.4 is 16.4 Å². The molecule has 1 aromatic carbocycles. The first-order valence-corrected chi connectivity index (χ1v) is 7.70. The van der Waals surface area contributed by atoms with Crippen LogP contribution >= 0.6 is 27.3 Å². The highest BCUT2D eigenvalue weighted by Crippen LogP contribution is 2.28. The minimum Gasteiger partial charge on any atom is -0.382 e. The molecule has 20 heavy (non-hydrogen) atoms. The van der Waals surface area contributed by atoms with Crippen molar-refractivity contribution in [2.75, 3.05) is 22.9 Å². The molecule has 0 atom stereocenters. The number of nitrogens with two attached hydrogens (primary N) is 1. The van der Waals surface area contributed by atoms with Gasteiger partial charge in [0.25, 0.3) is 5.91 Å². The Morgan fingerprint density at radius 1 is 1.50 bits per heavy atom. The standard InChI is InChI=1S/C13H15BrN4OS/c1-3-16-13-18-11(15)10(20-13)12(19)17-9-6-7(2)4-5-8(9)14/h4-6H,3,15H2,1-2H3,(H,16,18)(H,17,19). The van der Waals surface area contributed by atoms with Crippen LogP contribution in [0, 0.1) is 6.92 Å². The Balaban J connectivity index is 2.21. The molecule has 0 aliphatic carbocycles. The monoisotopic (exact) mass is 354 g/mol. The molecule has 0 unspecified atom stereocenters. The number of thiazole rings is 1. The van der Waals surface area contributed by atoms with Gasteiger partial charge in [0.05, 0.1) is 5.69 Å². The zero-order valence-electron chi connectivity index (χ0n) is 11.2. The summed E-state index contributed by atoms with van der Waals surface area (Å²) in [6.45, 7) is 4.66. The van der Waals surface area contributed by atoms with Crippen molar-refractivity contribution >= 4 is 49.8 Å². The molecule has 1 heterocycles. The molecule has 0 bridgehead atoms. The summed E-state index contributed by atoms with van der Waals surface area (Å²) in [6, 6.07) is 5.75. The number of aryl methyl sites for hydroxylation is 1. The fourth-order valence-electron chi connectivity index (χ4n) is 1.64. The molecule has 1 amide bonds. The highest BCUT2D eigenvalue weighted by molar-refractivity contribution is 9.10. The maximum Gasteiger partial charge on any atom is 0.269 e. The Morgan fingerprint density at radius 3 is 2.95 bits per heavy atom. The van der Waals surface area contributed by atoms with E-state index in [2.05, 4.69) is 31.5 Å². The van der Waals surface area contributed by atoms with Crippen LogP contribution in [0.3, 0.4) is 0 Å². The van der Waals surface area contributed by atoms with E-state index in [9.17, 15) is 4.79 Å². The number of nitrogen functional groups attached to an aromatic ring is 1. The number of amides is 1. The number of hydrogen-bond acceptors (Lipinski definition) is 5. The van der Waals surface area contributed by atoms with Crippen molar-refractivity contribution < 1.29 is 4.79 Å². The third kappa shape index (κ3) is 3.29. The quantitative estimate of drug-likeness (QED) is 0.785. The molecule has 0 aliphatic rings. The summed E-state index contributed by atoms with van der Waals surface area (Å²) < 4.78 is 0.825. The van der Waals surface area contributed by atoms with Crippen molar-refractivity contribution in [2.45, 2.75) is 13.8 Å². The minimum atomic E-state index is -0.254. The van der Waals surface area contributed by atoms with Crippen molar-refractivity contribution in [2.24, 2.45) is 0 Å². The summed E-state index contributed by atoms with van der Waals surface area (Å²) in [4.78, 5) is 16.8. The number of carbonyl (C=O) groups is 1. The van der Waals surface area contributed by atoms with Crippen LogP contribution in [0.25, 0.3) is 0 Å². The lowest BCUT2D eigenvalue weighted by atomic mass is 10.2. The molecule has 0 aliphatic heterocycles. The molecule has 4 N–H and O–H groups in total. The van der Waals surface area contributed by atoms with E-state index in [1.165, 1.54) is 11.3 Å². The van der Waals surface area contributed by atoms with Crippen LogP contribution in [0.1, 0.15) is 22.2 Å². The number of anilines is 3. The molecule has 0 spiro atoms. The smallest absolute Gasteiger partial charge is 0.269 e. The van der Waals surface area contributed by atoms with Crippen molar-refractivity contribution in [3.8, 4) is 0 Å². The Hall–Kier alpha value is -1.60. The third-order valence-corrected chi connectivity index (χ3v) is 4.28. The van der Waals surface area contributed by atoms with Crippen LogP contribution in [0.15, 0.2) is 22.7 Å². The minimum absolute atomic E-state index is 0.243. The van der Waals surface area contributed by atoms with Gasteiger partial charge in [-0.25, -0.2) is 4.98 Å². The van der Waals surface area contributed by atoms with Gasteiger partial charge in [0.1, 0.15) is 10.7 Å². The number of benzene rings is 1. The molecule has 5 nitrogen and oxygen atoms in total. The van der Waals surface area contributed by atoms with Crippen LogP contribution in [0.5, 0.6) is 0 Å². The summed E-state index contributed by atoms with van der Waals surface area (Å²) in [5, 5.41) is 6.54. The third-order valence-electron chi connectivity index (χ3n) is 2.56. The van der Waals surface area contributed by atoms with E-state index >= 15 is 0 Å². The van der Waals surface area contributed by atoms with Crippen molar-refractivity contribution in [3.05, 3.63) is 33.1 Å². The number of hydrogen-bond donors (Lipinski definition) is 3. The fourth-order valence-corrected chi connectivity index (χ4v) is 2.83. The highest BCUT2D eigenvalue weighted by Gasteiger charge is 2.17. The molecule has 1 aromatic heterocycles. The van der Waals surface area contributed by atoms with Gasteiger partial charge in [-0.2, -0.15) is 0 Å². The van der Waals surface area contributed by atoms with Gasteiger partial charge in [-0.05, 0) is 47.5 Å². The summed E-state index contributed by atoms with van der Waals surface area (Å²) >= 11 is 4.66. The van der Waals surface area contributed by atoms with Gasteiger partial charge < -0.3 is 16.4 Å². The first kappa shape index (κ1) is 14.8. The van der Waals surface area contributed by atoms with Gasteiger partial charge in [0, 0.05) is 11.0 Å². The second kappa shape index (κ2) is 6.23. The zero-order chi connectivity index (χ0) is 14.7. The lowest BCUT2D eigenvalue weighted by Crippen LogP contribution is -2.12. The molecular formula is C13H15BrN4OS. The average Bonchev–Trinajstić information content (AvgIpc) is 2.75. The topological polar surface area (TPSA) is 80.0 Å². The van der Waals surface area contributed by atoms with E-state index in [0.717, 1.165) is 16.6 Å². The summed E-state index contributed by atoms with van der Waals surface area (Å²) in [5.41, 5.74) is 7.56. The van der Waals surface area contributed by atoms with Crippen LogP contribution in [0.4, 0.5) is 16.6 Å². The molecule has 0 saturated carbocycles. The number of nitrogens with one attached hydrogen (secondary N) is 2. The van der Waals surface area contributed by atoms with Gasteiger partial charge in [-0.15, -0.1) is 0 Å². The molecule has 2 aromatic rings. The second-order valence-electron chi connectivity index (χ2n) is 4.20. The number of aromatic nitrogens is 1. The molecule has 106 valence electrons. The predicted octanol–water partition coefficient (Wildman–Crippen LogP) is 3.48. The number of carbonyl (C=O) groups excluding carboxylic acids is 1. The Labute approximate surface area is 129 Å². The van der Waals surface area contributed by atoms with E-state index in [1.807, 2.05) is 32.0 Å². The normalized spacial score (nSPS) is 10.3. The van der Waals surface area contributed by atoms with Gasteiger partial charge in [0.2, 0.25) is 0 Å². The van der Waals surface area contributed by atoms with Crippen LogP contribution in [-0.2, 0) is 0 Å². The molecule has 0 radical (unpaired) electrons. The average molecular weight is 355 g/mol. The zero-order valence-corrected chi connectivity index (χ0v) is 13.6. The van der Waals surface area contributed by atoms with Gasteiger partial charge in [-0.3, -0.25) is 4.79 Å². The van der Waals surface area contributed by atoms with Crippen molar-refractivity contribution in [1.29, 1.82) is 0 Å². The maximum absolute atomic E-state index is 12.2. The van der Waals surface area contributed by atoms with E-state index in [0.29, 0.717) is 15.7 Å². The molecular weight excluding hydrogens is 340 g/mol.